The zero-order valence-corrected chi connectivity index (χ0v) is 18.5. The molecule has 1 aromatic heterocycles. The molecule has 6 rings (SSSR count). The van der Waals surface area contributed by atoms with Crippen molar-refractivity contribution in [3.63, 3.8) is 0 Å². The van der Waals surface area contributed by atoms with Crippen LogP contribution in [0.1, 0.15) is 47.0 Å². The van der Waals surface area contributed by atoms with Gasteiger partial charge in [0.15, 0.2) is 5.69 Å². The molecule has 3 heterocycles. The normalized spacial score (nSPS) is 22.4. The molecule has 2 aliphatic rings. The first-order valence-electron chi connectivity index (χ1n) is 11.3. The molecule has 0 N–H and O–H groups in total. The summed E-state index contributed by atoms with van der Waals surface area (Å²) < 4.78 is 5.70. The van der Waals surface area contributed by atoms with Crippen molar-refractivity contribution in [1.29, 1.82) is 0 Å². The van der Waals surface area contributed by atoms with Crippen LogP contribution in [0, 0.1) is 17.0 Å². The molecule has 2 saturated heterocycles. The number of hydrogen-bond donors (Lipinski definition) is 0. The molecule has 0 saturated carbocycles. The van der Waals surface area contributed by atoms with Gasteiger partial charge in [0.2, 0.25) is 11.7 Å². The lowest BCUT2D eigenvalue weighted by Crippen LogP contribution is -2.35. The SMILES string of the molecule is Cc1noc(C2C(c3ccccc3)N3CCC(=O)N3C2c2cccc3ccccc23)c1[N+](=O)[O-]. The molecular weight excluding hydrogens is 432 g/mol. The van der Waals surface area contributed by atoms with Gasteiger partial charge < -0.3 is 4.52 Å². The van der Waals surface area contributed by atoms with Gasteiger partial charge in [0, 0.05) is 13.0 Å². The average Bonchev–Trinajstić information content (AvgIpc) is 3.51. The number of carbonyl (C=O) groups excluding carboxylic acids is 1. The monoisotopic (exact) mass is 454 g/mol. The van der Waals surface area contributed by atoms with Crippen LogP contribution >= 0.6 is 0 Å². The lowest BCUT2D eigenvalue weighted by atomic mass is 9.81. The summed E-state index contributed by atoms with van der Waals surface area (Å²) in [6, 6.07) is 23.0. The number of hydrogen-bond acceptors (Lipinski definition) is 6. The standard InChI is InChI=1S/C26H22N4O4/c1-16-23(30(32)33)26(34-27-16)22-24(18-9-3-2-4-10-18)28-15-14-21(31)29(28)25(22)20-13-7-11-17-8-5-6-12-19(17)20/h2-13,22,24-25H,14-15H2,1H3. The van der Waals surface area contributed by atoms with Crippen molar-refractivity contribution in [2.24, 2.45) is 0 Å². The zero-order valence-electron chi connectivity index (χ0n) is 18.5. The molecule has 2 fully saturated rings. The summed E-state index contributed by atoms with van der Waals surface area (Å²) in [5.41, 5.74) is 2.02. The number of amides is 1. The zero-order chi connectivity index (χ0) is 23.4. The number of aryl methyl sites for hydroxylation is 1. The maximum Gasteiger partial charge on any atom is 0.334 e. The van der Waals surface area contributed by atoms with E-state index in [0.29, 0.717) is 13.0 Å². The van der Waals surface area contributed by atoms with Crippen LogP contribution in [0.5, 0.6) is 0 Å². The Morgan fingerprint density at radius 3 is 2.53 bits per heavy atom. The summed E-state index contributed by atoms with van der Waals surface area (Å²) in [7, 11) is 0. The Labute approximate surface area is 195 Å². The number of carbonyl (C=O) groups is 1. The molecule has 8 heteroatoms. The Hall–Kier alpha value is -4.04. The van der Waals surface area contributed by atoms with Gasteiger partial charge in [-0.2, -0.15) is 0 Å². The second kappa shape index (κ2) is 7.78. The van der Waals surface area contributed by atoms with Gasteiger partial charge in [-0.3, -0.25) is 19.9 Å². The Morgan fingerprint density at radius 2 is 1.74 bits per heavy atom. The van der Waals surface area contributed by atoms with E-state index in [1.54, 1.807) is 11.9 Å². The van der Waals surface area contributed by atoms with Gasteiger partial charge in [-0.05, 0) is 28.8 Å². The summed E-state index contributed by atoms with van der Waals surface area (Å²) in [6.07, 6.45) is 0.398. The van der Waals surface area contributed by atoms with Crippen molar-refractivity contribution >= 4 is 22.4 Å². The number of benzene rings is 3. The van der Waals surface area contributed by atoms with E-state index in [-0.39, 0.29) is 29.1 Å². The maximum atomic E-state index is 13.3. The highest BCUT2D eigenvalue weighted by Gasteiger charge is 2.57. The fourth-order valence-corrected chi connectivity index (χ4v) is 5.65. The van der Waals surface area contributed by atoms with Gasteiger partial charge in [-0.1, -0.05) is 78.0 Å². The van der Waals surface area contributed by atoms with E-state index in [2.05, 4.69) is 10.2 Å². The van der Waals surface area contributed by atoms with Crippen LogP contribution in [0.2, 0.25) is 0 Å². The fourth-order valence-electron chi connectivity index (χ4n) is 5.65. The summed E-state index contributed by atoms with van der Waals surface area (Å²) >= 11 is 0. The second-order valence-electron chi connectivity index (χ2n) is 8.78. The molecule has 34 heavy (non-hydrogen) atoms. The Balaban J connectivity index is 1.65. The largest absolute Gasteiger partial charge is 0.353 e. The van der Waals surface area contributed by atoms with Crippen molar-refractivity contribution in [2.75, 3.05) is 6.54 Å². The highest BCUT2D eigenvalue weighted by atomic mass is 16.6. The molecule has 4 aromatic rings. The molecule has 0 spiro atoms. The quantitative estimate of drug-likeness (QED) is 0.316. The lowest BCUT2D eigenvalue weighted by Gasteiger charge is -2.28. The molecule has 0 aliphatic carbocycles. The molecule has 8 nitrogen and oxygen atoms in total. The fraction of sp³-hybridized carbons (Fsp3) is 0.231. The molecule has 0 radical (unpaired) electrons. The first-order valence-corrected chi connectivity index (χ1v) is 11.3. The first kappa shape index (κ1) is 20.6. The van der Waals surface area contributed by atoms with Crippen LogP contribution in [0.25, 0.3) is 10.8 Å². The maximum absolute atomic E-state index is 13.3. The van der Waals surface area contributed by atoms with Crippen molar-refractivity contribution < 1.29 is 14.2 Å². The molecule has 3 unspecified atom stereocenters. The Bertz CT molecular complexity index is 1410. The minimum atomic E-state index is -0.515. The minimum Gasteiger partial charge on any atom is -0.353 e. The highest BCUT2D eigenvalue weighted by molar-refractivity contribution is 5.87. The van der Waals surface area contributed by atoms with E-state index < -0.39 is 16.9 Å². The number of fused-ring (bicyclic) bond motifs is 2. The van der Waals surface area contributed by atoms with Crippen LogP contribution in [-0.4, -0.2) is 32.5 Å². The number of hydrazine groups is 1. The van der Waals surface area contributed by atoms with Crippen LogP contribution in [0.15, 0.2) is 77.3 Å². The van der Waals surface area contributed by atoms with E-state index in [1.807, 2.05) is 72.8 Å². The van der Waals surface area contributed by atoms with E-state index in [4.69, 9.17) is 4.52 Å². The molecule has 1 amide bonds. The first-order chi connectivity index (χ1) is 16.6. The van der Waals surface area contributed by atoms with Gasteiger partial charge in [-0.15, -0.1) is 0 Å². The van der Waals surface area contributed by atoms with Crippen LogP contribution in [0.3, 0.4) is 0 Å². The number of nitro groups is 1. The molecule has 3 atom stereocenters. The summed E-state index contributed by atoms with van der Waals surface area (Å²) in [5, 5.41) is 22.0. The molecule has 3 aromatic carbocycles. The van der Waals surface area contributed by atoms with Crippen molar-refractivity contribution in [3.05, 3.63) is 105 Å². The third-order valence-electron chi connectivity index (χ3n) is 6.98. The van der Waals surface area contributed by atoms with Crippen molar-refractivity contribution in [2.45, 2.75) is 31.3 Å². The van der Waals surface area contributed by atoms with Gasteiger partial charge in [-0.25, -0.2) is 5.01 Å². The summed E-state index contributed by atoms with van der Waals surface area (Å²) in [6.45, 7) is 2.12. The van der Waals surface area contributed by atoms with Crippen molar-refractivity contribution in [1.82, 2.24) is 15.2 Å². The van der Waals surface area contributed by atoms with Gasteiger partial charge in [0.1, 0.15) is 0 Å². The molecular formula is C26H22N4O4. The van der Waals surface area contributed by atoms with Gasteiger partial charge >= 0.3 is 5.69 Å². The lowest BCUT2D eigenvalue weighted by molar-refractivity contribution is -0.386. The predicted octanol–water partition coefficient (Wildman–Crippen LogP) is 5.07. The number of aromatic nitrogens is 1. The number of rotatable bonds is 4. The minimum absolute atomic E-state index is 0.000237. The highest BCUT2D eigenvalue weighted by Crippen LogP contribution is 2.58. The van der Waals surface area contributed by atoms with Gasteiger partial charge in [0.25, 0.3) is 0 Å². The van der Waals surface area contributed by atoms with Crippen LogP contribution < -0.4 is 0 Å². The molecule has 2 aliphatic heterocycles. The summed E-state index contributed by atoms with van der Waals surface area (Å²) in [4.78, 5) is 24.9. The van der Waals surface area contributed by atoms with Crippen molar-refractivity contribution in [3.8, 4) is 0 Å². The Morgan fingerprint density at radius 1 is 1.00 bits per heavy atom. The third-order valence-corrected chi connectivity index (χ3v) is 6.98. The van der Waals surface area contributed by atoms with Crippen LogP contribution in [-0.2, 0) is 4.79 Å². The average molecular weight is 454 g/mol. The van der Waals surface area contributed by atoms with E-state index in [0.717, 1.165) is 21.9 Å². The third kappa shape index (κ3) is 2.95. The smallest absolute Gasteiger partial charge is 0.334 e. The van der Waals surface area contributed by atoms with E-state index in [9.17, 15) is 14.9 Å². The topological polar surface area (TPSA) is 92.7 Å². The molecule has 0 bridgehead atoms. The summed E-state index contributed by atoms with van der Waals surface area (Å²) in [5.74, 6) is -0.309. The molecule has 170 valence electrons. The van der Waals surface area contributed by atoms with E-state index >= 15 is 0 Å². The Kier molecular flexibility index (Phi) is 4.70. The number of nitrogens with zero attached hydrogens (tertiary/aromatic N) is 4. The van der Waals surface area contributed by atoms with Gasteiger partial charge in [0.05, 0.1) is 22.9 Å². The second-order valence-corrected chi connectivity index (χ2v) is 8.78. The van der Waals surface area contributed by atoms with E-state index in [1.165, 1.54) is 0 Å². The predicted molar refractivity (Wildman–Crippen MR) is 125 cm³/mol. The van der Waals surface area contributed by atoms with Crippen LogP contribution in [0.4, 0.5) is 5.69 Å².